The van der Waals surface area contributed by atoms with Crippen molar-refractivity contribution in [3.05, 3.63) is 24.3 Å². The molecule has 64 valence electrons. The Bertz CT molecular complexity index is 281. The molecule has 1 heterocycles. The Kier molecular flexibility index (Phi) is 1.45. The molecule has 1 aliphatic carbocycles. The predicted molar refractivity (Wildman–Crippen MR) is 46.5 cm³/mol. The van der Waals surface area contributed by atoms with Crippen LogP contribution in [0.15, 0.2) is 18.5 Å². The lowest BCUT2D eigenvalue weighted by molar-refractivity contribution is 0.590. The van der Waals surface area contributed by atoms with Gasteiger partial charge in [0.1, 0.15) is 5.82 Å². The Labute approximate surface area is 72.0 Å². The Hall–Kier alpha value is -0.960. The zero-order valence-electron chi connectivity index (χ0n) is 7.36. The maximum absolute atomic E-state index is 5.90. The standard InChI is InChI=1S/C9H13N3/c1-9(2)6(7(9)10)8-11-4-3-5-12-8/h3-7H,10H2,1-2H3/t6-,7+/m0/s1. The van der Waals surface area contributed by atoms with Crippen molar-refractivity contribution in [3.8, 4) is 0 Å². The lowest BCUT2D eigenvalue weighted by atomic mass is 10.1. The van der Waals surface area contributed by atoms with Crippen molar-refractivity contribution < 1.29 is 0 Å². The van der Waals surface area contributed by atoms with Crippen molar-refractivity contribution in [1.29, 1.82) is 0 Å². The van der Waals surface area contributed by atoms with Gasteiger partial charge in [-0.25, -0.2) is 9.97 Å². The maximum Gasteiger partial charge on any atom is 0.133 e. The Morgan fingerprint density at radius 3 is 2.25 bits per heavy atom. The van der Waals surface area contributed by atoms with Gasteiger partial charge in [-0.15, -0.1) is 0 Å². The molecule has 0 radical (unpaired) electrons. The van der Waals surface area contributed by atoms with Crippen LogP contribution < -0.4 is 5.73 Å². The second-order valence-electron chi connectivity index (χ2n) is 3.93. The van der Waals surface area contributed by atoms with E-state index in [4.69, 9.17) is 5.73 Å². The highest BCUT2D eigenvalue weighted by Gasteiger charge is 2.57. The van der Waals surface area contributed by atoms with Gasteiger partial charge in [-0.05, 0) is 11.5 Å². The molecule has 0 bridgehead atoms. The minimum atomic E-state index is 0.182. The summed E-state index contributed by atoms with van der Waals surface area (Å²) in [6.45, 7) is 4.30. The summed E-state index contributed by atoms with van der Waals surface area (Å²) in [5.74, 6) is 1.23. The van der Waals surface area contributed by atoms with E-state index in [9.17, 15) is 0 Å². The van der Waals surface area contributed by atoms with Gasteiger partial charge in [-0.3, -0.25) is 0 Å². The molecule has 2 rings (SSSR count). The van der Waals surface area contributed by atoms with E-state index in [0.717, 1.165) is 5.82 Å². The molecular formula is C9H13N3. The normalized spacial score (nSPS) is 31.6. The molecule has 1 aromatic heterocycles. The predicted octanol–water partition coefficient (Wildman–Crippen LogP) is 0.927. The number of hydrogen-bond acceptors (Lipinski definition) is 3. The van der Waals surface area contributed by atoms with Gasteiger partial charge in [0, 0.05) is 24.4 Å². The fourth-order valence-electron chi connectivity index (χ4n) is 1.64. The molecule has 3 heteroatoms. The zero-order valence-corrected chi connectivity index (χ0v) is 7.36. The van der Waals surface area contributed by atoms with Crippen LogP contribution in [-0.4, -0.2) is 16.0 Å². The van der Waals surface area contributed by atoms with E-state index in [1.165, 1.54) is 0 Å². The third kappa shape index (κ3) is 0.932. The second-order valence-corrected chi connectivity index (χ2v) is 3.93. The fourth-order valence-corrected chi connectivity index (χ4v) is 1.64. The molecule has 0 unspecified atom stereocenters. The molecule has 3 nitrogen and oxygen atoms in total. The first-order valence-corrected chi connectivity index (χ1v) is 4.16. The molecule has 2 N–H and O–H groups in total. The van der Waals surface area contributed by atoms with Gasteiger partial charge in [-0.2, -0.15) is 0 Å². The maximum atomic E-state index is 5.90. The summed E-state index contributed by atoms with van der Waals surface area (Å²) in [6, 6.07) is 2.05. The lowest BCUT2D eigenvalue weighted by Crippen LogP contribution is -2.06. The van der Waals surface area contributed by atoms with E-state index in [-0.39, 0.29) is 11.5 Å². The molecule has 1 saturated carbocycles. The largest absolute Gasteiger partial charge is 0.327 e. The quantitative estimate of drug-likeness (QED) is 0.670. The monoisotopic (exact) mass is 163 g/mol. The van der Waals surface area contributed by atoms with E-state index >= 15 is 0 Å². The third-order valence-corrected chi connectivity index (χ3v) is 2.77. The van der Waals surface area contributed by atoms with Crippen LogP contribution in [0.2, 0.25) is 0 Å². The summed E-state index contributed by atoms with van der Waals surface area (Å²) in [7, 11) is 0. The highest BCUT2D eigenvalue weighted by Crippen LogP contribution is 2.55. The van der Waals surface area contributed by atoms with E-state index < -0.39 is 0 Å². The van der Waals surface area contributed by atoms with E-state index in [1.54, 1.807) is 12.4 Å². The fraction of sp³-hybridized carbons (Fsp3) is 0.556. The van der Waals surface area contributed by atoms with Crippen LogP contribution in [0.5, 0.6) is 0 Å². The van der Waals surface area contributed by atoms with Crippen LogP contribution in [0.25, 0.3) is 0 Å². The van der Waals surface area contributed by atoms with Gasteiger partial charge in [0.2, 0.25) is 0 Å². The molecule has 2 atom stereocenters. The van der Waals surface area contributed by atoms with Crippen LogP contribution in [0, 0.1) is 5.41 Å². The van der Waals surface area contributed by atoms with E-state index in [0.29, 0.717) is 5.92 Å². The van der Waals surface area contributed by atoms with Gasteiger partial charge in [0.05, 0.1) is 0 Å². The van der Waals surface area contributed by atoms with Gasteiger partial charge >= 0.3 is 0 Å². The molecule has 0 spiro atoms. The molecular weight excluding hydrogens is 150 g/mol. The van der Waals surface area contributed by atoms with Crippen molar-refractivity contribution >= 4 is 0 Å². The summed E-state index contributed by atoms with van der Waals surface area (Å²) in [5.41, 5.74) is 6.08. The SMILES string of the molecule is CC1(C)[C@H](N)[C@H]1c1ncccn1. The highest BCUT2D eigenvalue weighted by molar-refractivity contribution is 5.23. The first-order chi connectivity index (χ1) is 5.64. The number of rotatable bonds is 1. The Morgan fingerprint density at radius 2 is 1.83 bits per heavy atom. The van der Waals surface area contributed by atoms with Crippen molar-refractivity contribution in [2.75, 3.05) is 0 Å². The number of nitrogens with zero attached hydrogens (tertiary/aromatic N) is 2. The van der Waals surface area contributed by atoms with Crippen LogP contribution >= 0.6 is 0 Å². The van der Waals surface area contributed by atoms with E-state index in [1.807, 2.05) is 6.07 Å². The average Bonchev–Trinajstić information content (AvgIpc) is 2.53. The van der Waals surface area contributed by atoms with Crippen molar-refractivity contribution in [2.24, 2.45) is 11.1 Å². The van der Waals surface area contributed by atoms with E-state index in [2.05, 4.69) is 23.8 Å². The van der Waals surface area contributed by atoms with Crippen molar-refractivity contribution in [1.82, 2.24) is 9.97 Å². The van der Waals surface area contributed by atoms with Gasteiger partial charge in [0.15, 0.2) is 0 Å². The second kappa shape index (κ2) is 2.26. The smallest absolute Gasteiger partial charge is 0.133 e. The first-order valence-electron chi connectivity index (χ1n) is 4.16. The summed E-state index contributed by atoms with van der Waals surface area (Å²) in [5, 5.41) is 0. The number of nitrogens with two attached hydrogens (primary N) is 1. The molecule has 12 heavy (non-hydrogen) atoms. The first kappa shape index (κ1) is 7.68. The number of hydrogen-bond donors (Lipinski definition) is 1. The zero-order chi connectivity index (χ0) is 8.77. The van der Waals surface area contributed by atoms with Crippen LogP contribution in [0.4, 0.5) is 0 Å². The molecule has 0 amide bonds. The Morgan fingerprint density at radius 1 is 1.33 bits per heavy atom. The highest BCUT2D eigenvalue weighted by atomic mass is 15.0. The van der Waals surface area contributed by atoms with Gasteiger partial charge < -0.3 is 5.73 Å². The van der Waals surface area contributed by atoms with Gasteiger partial charge in [0.25, 0.3) is 0 Å². The topological polar surface area (TPSA) is 51.8 Å². The van der Waals surface area contributed by atoms with Gasteiger partial charge in [-0.1, -0.05) is 13.8 Å². The molecule has 0 aromatic carbocycles. The molecule has 1 aliphatic rings. The number of aromatic nitrogens is 2. The molecule has 0 aliphatic heterocycles. The van der Waals surface area contributed by atoms with Crippen molar-refractivity contribution in [3.63, 3.8) is 0 Å². The summed E-state index contributed by atoms with van der Waals surface area (Å²) in [4.78, 5) is 8.39. The minimum absolute atomic E-state index is 0.182. The van der Waals surface area contributed by atoms with Crippen LogP contribution in [-0.2, 0) is 0 Å². The van der Waals surface area contributed by atoms with Crippen LogP contribution in [0.3, 0.4) is 0 Å². The minimum Gasteiger partial charge on any atom is -0.327 e. The molecule has 1 fully saturated rings. The summed E-state index contributed by atoms with van der Waals surface area (Å²) < 4.78 is 0. The summed E-state index contributed by atoms with van der Waals surface area (Å²) >= 11 is 0. The third-order valence-electron chi connectivity index (χ3n) is 2.77. The van der Waals surface area contributed by atoms with Crippen LogP contribution in [0.1, 0.15) is 25.6 Å². The molecule has 0 saturated heterocycles. The van der Waals surface area contributed by atoms with Crippen molar-refractivity contribution in [2.45, 2.75) is 25.8 Å². The lowest BCUT2D eigenvalue weighted by Gasteiger charge is -1.98. The Balaban J connectivity index is 2.25. The molecule has 1 aromatic rings. The summed E-state index contributed by atoms with van der Waals surface area (Å²) in [6.07, 6.45) is 3.53. The average molecular weight is 163 g/mol.